The SMILES string of the molecule is CC(=O)N1C=Cc2ccccc2[C@@H]1CC(=O)N1CCC(Cc2ccccc2)CC1. The fourth-order valence-electron chi connectivity index (χ4n) is 4.54. The van der Waals surface area contributed by atoms with Gasteiger partial charge in [0, 0.05) is 26.2 Å². The van der Waals surface area contributed by atoms with Gasteiger partial charge < -0.3 is 9.80 Å². The minimum absolute atomic E-state index is 0.0323. The summed E-state index contributed by atoms with van der Waals surface area (Å²) in [6.07, 6.45) is 7.27. The summed E-state index contributed by atoms with van der Waals surface area (Å²) in [5.41, 5.74) is 3.52. The van der Waals surface area contributed by atoms with E-state index in [9.17, 15) is 9.59 Å². The second kappa shape index (κ2) is 8.64. The number of nitrogens with zero attached hydrogens (tertiary/aromatic N) is 2. The van der Waals surface area contributed by atoms with Crippen LogP contribution in [0.3, 0.4) is 0 Å². The lowest BCUT2D eigenvalue weighted by Crippen LogP contribution is -2.41. The molecule has 1 fully saturated rings. The van der Waals surface area contributed by atoms with Gasteiger partial charge in [0.05, 0.1) is 12.5 Å². The largest absolute Gasteiger partial charge is 0.343 e. The first-order valence-corrected chi connectivity index (χ1v) is 10.5. The molecule has 0 bridgehead atoms. The molecule has 1 saturated heterocycles. The third-order valence-corrected chi connectivity index (χ3v) is 6.17. The summed E-state index contributed by atoms with van der Waals surface area (Å²) in [4.78, 5) is 28.9. The Balaban J connectivity index is 1.39. The van der Waals surface area contributed by atoms with E-state index < -0.39 is 0 Å². The average molecular weight is 389 g/mol. The molecule has 0 unspecified atom stereocenters. The van der Waals surface area contributed by atoms with E-state index >= 15 is 0 Å². The number of rotatable bonds is 4. The summed E-state index contributed by atoms with van der Waals surface area (Å²) in [6, 6.07) is 18.4. The highest BCUT2D eigenvalue weighted by molar-refractivity contribution is 5.82. The molecule has 29 heavy (non-hydrogen) atoms. The fraction of sp³-hybridized carbons (Fsp3) is 0.360. The topological polar surface area (TPSA) is 40.6 Å². The van der Waals surface area contributed by atoms with Crippen LogP contribution in [-0.2, 0) is 16.0 Å². The van der Waals surface area contributed by atoms with Gasteiger partial charge in [-0.1, -0.05) is 54.6 Å². The third kappa shape index (κ3) is 4.42. The van der Waals surface area contributed by atoms with Crippen molar-refractivity contribution in [1.29, 1.82) is 0 Å². The van der Waals surface area contributed by atoms with Crippen LogP contribution in [0.15, 0.2) is 60.8 Å². The monoisotopic (exact) mass is 388 g/mol. The molecule has 2 heterocycles. The van der Waals surface area contributed by atoms with Crippen LogP contribution in [0.2, 0.25) is 0 Å². The van der Waals surface area contributed by atoms with Gasteiger partial charge in [0.25, 0.3) is 0 Å². The maximum atomic E-state index is 13.1. The summed E-state index contributed by atoms with van der Waals surface area (Å²) in [7, 11) is 0. The number of hydrogen-bond acceptors (Lipinski definition) is 2. The van der Waals surface area contributed by atoms with E-state index in [0.29, 0.717) is 12.3 Å². The Kier molecular flexibility index (Phi) is 5.79. The van der Waals surface area contributed by atoms with Crippen LogP contribution < -0.4 is 0 Å². The Labute approximate surface area is 172 Å². The highest BCUT2D eigenvalue weighted by Gasteiger charge is 2.31. The molecule has 150 valence electrons. The molecule has 2 aliphatic heterocycles. The summed E-state index contributed by atoms with van der Waals surface area (Å²) in [6.45, 7) is 3.17. The first kappa shape index (κ1) is 19.4. The van der Waals surface area contributed by atoms with Crippen molar-refractivity contribution in [2.75, 3.05) is 13.1 Å². The second-order valence-corrected chi connectivity index (χ2v) is 8.10. The molecular formula is C25H28N2O2. The van der Waals surface area contributed by atoms with Crippen LogP contribution in [0.25, 0.3) is 6.08 Å². The van der Waals surface area contributed by atoms with Crippen LogP contribution in [0.4, 0.5) is 0 Å². The maximum absolute atomic E-state index is 13.1. The Bertz CT molecular complexity index is 898. The smallest absolute Gasteiger partial charge is 0.225 e. The molecule has 2 amide bonds. The number of fused-ring (bicyclic) bond motifs is 1. The molecule has 4 nitrogen and oxygen atoms in total. The van der Waals surface area contributed by atoms with E-state index in [1.54, 1.807) is 11.8 Å². The van der Waals surface area contributed by atoms with Crippen molar-refractivity contribution in [2.45, 2.75) is 38.6 Å². The van der Waals surface area contributed by atoms with E-state index in [1.165, 1.54) is 5.56 Å². The van der Waals surface area contributed by atoms with Crippen LogP contribution >= 0.6 is 0 Å². The molecule has 0 N–H and O–H groups in total. The zero-order valence-electron chi connectivity index (χ0n) is 17.0. The summed E-state index contributed by atoms with van der Waals surface area (Å²) in [5.74, 6) is 0.744. The number of piperidine rings is 1. The highest BCUT2D eigenvalue weighted by Crippen LogP contribution is 2.34. The molecule has 2 aromatic carbocycles. The summed E-state index contributed by atoms with van der Waals surface area (Å²) in [5, 5.41) is 0. The standard InChI is InChI=1S/C25H28N2O2/c1-19(28)27-16-13-22-9-5-6-10-23(22)24(27)18-25(29)26-14-11-21(12-15-26)17-20-7-3-2-4-8-20/h2-10,13,16,21,24H,11-12,14-15,17-18H2,1H3/t24-/m0/s1. The Morgan fingerprint density at radius 2 is 1.66 bits per heavy atom. The fourth-order valence-corrected chi connectivity index (χ4v) is 4.54. The number of benzene rings is 2. The normalized spacial score (nSPS) is 19.1. The predicted molar refractivity (Wildman–Crippen MR) is 115 cm³/mol. The van der Waals surface area contributed by atoms with Crippen molar-refractivity contribution in [3.8, 4) is 0 Å². The molecule has 0 aromatic heterocycles. The van der Waals surface area contributed by atoms with Crippen LogP contribution in [0, 0.1) is 5.92 Å². The van der Waals surface area contributed by atoms with Gasteiger partial charge in [-0.2, -0.15) is 0 Å². The minimum atomic E-state index is -0.219. The molecule has 0 aliphatic carbocycles. The number of likely N-dealkylation sites (tertiary alicyclic amines) is 1. The first-order valence-electron chi connectivity index (χ1n) is 10.5. The van der Waals surface area contributed by atoms with Crippen molar-refractivity contribution in [2.24, 2.45) is 5.92 Å². The molecule has 4 heteroatoms. The van der Waals surface area contributed by atoms with Gasteiger partial charge in [-0.3, -0.25) is 9.59 Å². The van der Waals surface area contributed by atoms with E-state index in [1.807, 2.05) is 47.5 Å². The zero-order chi connectivity index (χ0) is 20.2. The highest BCUT2D eigenvalue weighted by atomic mass is 16.2. The molecule has 0 spiro atoms. The predicted octanol–water partition coefficient (Wildman–Crippen LogP) is 4.43. The van der Waals surface area contributed by atoms with E-state index in [-0.39, 0.29) is 17.9 Å². The second-order valence-electron chi connectivity index (χ2n) is 8.10. The van der Waals surface area contributed by atoms with Gasteiger partial charge in [0.15, 0.2) is 0 Å². The average Bonchev–Trinajstić information content (AvgIpc) is 2.75. The molecule has 0 radical (unpaired) electrons. The first-order chi connectivity index (χ1) is 14.1. The van der Waals surface area contributed by atoms with Crippen molar-refractivity contribution < 1.29 is 9.59 Å². The number of amides is 2. The van der Waals surface area contributed by atoms with Crippen molar-refractivity contribution >= 4 is 17.9 Å². The Morgan fingerprint density at radius 3 is 2.38 bits per heavy atom. The van der Waals surface area contributed by atoms with Gasteiger partial charge in [0.2, 0.25) is 11.8 Å². The van der Waals surface area contributed by atoms with Crippen molar-refractivity contribution in [1.82, 2.24) is 9.80 Å². The number of hydrogen-bond donors (Lipinski definition) is 0. The number of carbonyl (C=O) groups excluding carboxylic acids is 2. The Hall–Kier alpha value is -2.88. The van der Waals surface area contributed by atoms with Crippen molar-refractivity contribution in [3.05, 3.63) is 77.5 Å². The maximum Gasteiger partial charge on any atom is 0.225 e. The van der Waals surface area contributed by atoms with Gasteiger partial charge >= 0.3 is 0 Å². The summed E-state index contributed by atoms with van der Waals surface area (Å²) >= 11 is 0. The molecule has 2 aliphatic rings. The van der Waals surface area contributed by atoms with Gasteiger partial charge in [0.1, 0.15) is 0 Å². The van der Waals surface area contributed by atoms with E-state index in [0.717, 1.165) is 43.5 Å². The van der Waals surface area contributed by atoms with Crippen molar-refractivity contribution in [3.63, 3.8) is 0 Å². The third-order valence-electron chi connectivity index (χ3n) is 6.17. The molecule has 4 rings (SSSR count). The lowest BCUT2D eigenvalue weighted by atomic mass is 9.89. The van der Waals surface area contributed by atoms with Gasteiger partial charge in [-0.15, -0.1) is 0 Å². The van der Waals surface area contributed by atoms with E-state index in [2.05, 4.69) is 24.3 Å². The zero-order valence-corrected chi connectivity index (χ0v) is 17.0. The quantitative estimate of drug-likeness (QED) is 0.777. The Morgan fingerprint density at radius 1 is 0.966 bits per heavy atom. The van der Waals surface area contributed by atoms with Crippen LogP contribution in [0.5, 0.6) is 0 Å². The number of carbonyl (C=O) groups is 2. The minimum Gasteiger partial charge on any atom is -0.343 e. The summed E-state index contributed by atoms with van der Waals surface area (Å²) < 4.78 is 0. The van der Waals surface area contributed by atoms with Crippen LogP contribution in [-0.4, -0.2) is 34.7 Å². The lowest BCUT2D eigenvalue weighted by Gasteiger charge is -2.36. The van der Waals surface area contributed by atoms with E-state index in [4.69, 9.17) is 0 Å². The molecule has 2 aromatic rings. The lowest BCUT2D eigenvalue weighted by molar-refractivity contribution is -0.135. The molecule has 0 saturated carbocycles. The van der Waals surface area contributed by atoms with Gasteiger partial charge in [-0.05, 0) is 47.9 Å². The van der Waals surface area contributed by atoms with Crippen LogP contribution in [0.1, 0.15) is 48.9 Å². The molecular weight excluding hydrogens is 360 g/mol. The van der Waals surface area contributed by atoms with Gasteiger partial charge in [-0.25, -0.2) is 0 Å². The molecule has 1 atom stereocenters.